The van der Waals surface area contributed by atoms with Gasteiger partial charge in [-0.2, -0.15) is 0 Å². The van der Waals surface area contributed by atoms with Gasteiger partial charge in [-0.3, -0.25) is 34.7 Å². The van der Waals surface area contributed by atoms with Gasteiger partial charge in [0, 0.05) is 101 Å². The van der Waals surface area contributed by atoms with E-state index in [1.165, 1.54) is 12.3 Å². The molecule has 17 heteroatoms. The van der Waals surface area contributed by atoms with E-state index < -0.39 is 5.97 Å². The van der Waals surface area contributed by atoms with Gasteiger partial charge in [0.15, 0.2) is 0 Å². The van der Waals surface area contributed by atoms with Gasteiger partial charge >= 0.3 is 5.97 Å². The van der Waals surface area contributed by atoms with Crippen molar-refractivity contribution in [2.75, 3.05) is 11.5 Å². The number of nitrogen functional groups attached to an aromatic ring is 2. The van der Waals surface area contributed by atoms with Gasteiger partial charge in [0.1, 0.15) is 11.6 Å². The number of anilines is 2. The summed E-state index contributed by atoms with van der Waals surface area (Å²) in [5.41, 5.74) is 28.0. The van der Waals surface area contributed by atoms with Crippen molar-refractivity contribution in [3.8, 4) is 0 Å². The second-order valence-electron chi connectivity index (χ2n) is 14.5. The van der Waals surface area contributed by atoms with E-state index in [9.17, 15) is 9.59 Å². The Morgan fingerprint density at radius 2 is 1.06 bits per heavy atom. The normalized spacial score (nSPS) is 10.7. The van der Waals surface area contributed by atoms with E-state index in [4.69, 9.17) is 45.5 Å². The van der Waals surface area contributed by atoms with Crippen LogP contribution in [0.15, 0.2) is 97.8 Å². The van der Waals surface area contributed by atoms with Gasteiger partial charge in [-0.15, -0.1) is 0 Å². The van der Waals surface area contributed by atoms with Crippen LogP contribution >= 0.6 is 23.2 Å². The maximum atomic E-state index is 12.7. The first-order valence-corrected chi connectivity index (χ1v) is 20.3. The SMILES string of the molecule is Cc1cc(N)nc(C)c1CN.Cc1cc(N)nc(C)c1CNC(=O)c1ccnc(Cc2cc3cc(Cl)cnc3cn2)c1.O=C(O)c1ccnc(Cc2cc3cc(Cl)cnc3cn2)c1. The number of carbonyl (C=O) groups is 2. The topological polar surface area (TPSA) is 248 Å². The predicted molar refractivity (Wildman–Crippen MR) is 245 cm³/mol. The Labute approximate surface area is 373 Å². The summed E-state index contributed by atoms with van der Waals surface area (Å²) in [5.74, 6) is -0.107. The van der Waals surface area contributed by atoms with Crippen molar-refractivity contribution in [2.45, 2.75) is 53.6 Å². The maximum absolute atomic E-state index is 12.7. The molecule has 0 spiro atoms. The second kappa shape index (κ2) is 20.6. The van der Waals surface area contributed by atoms with Gasteiger partial charge in [0.25, 0.3) is 5.91 Å². The number of fused-ring (bicyclic) bond motifs is 2. The van der Waals surface area contributed by atoms with Crippen LogP contribution in [-0.4, -0.2) is 56.9 Å². The van der Waals surface area contributed by atoms with Crippen molar-refractivity contribution in [1.29, 1.82) is 0 Å². The summed E-state index contributed by atoms with van der Waals surface area (Å²) in [7, 11) is 0. The van der Waals surface area contributed by atoms with Gasteiger partial charge in [-0.05, 0) is 111 Å². The van der Waals surface area contributed by atoms with Gasteiger partial charge in [0.05, 0.1) is 39.0 Å². The summed E-state index contributed by atoms with van der Waals surface area (Å²) in [6.45, 7) is 8.66. The number of aryl methyl sites for hydroxylation is 4. The lowest BCUT2D eigenvalue weighted by Crippen LogP contribution is -2.24. The molecule has 8 heterocycles. The molecule has 0 saturated carbocycles. The van der Waals surface area contributed by atoms with E-state index in [0.717, 1.165) is 72.5 Å². The predicted octanol–water partition coefficient (Wildman–Crippen LogP) is 7.50. The highest BCUT2D eigenvalue weighted by Crippen LogP contribution is 2.21. The number of hydrogen-bond donors (Lipinski definition) is 5. The van der Waals surface area contributed by atoms with Crippen molar-refractivity contribution in [1.82, 2.24) is 45.2 Å². The Morgan fingerprint density at radius 3 is 1.54 bits per heavy atom. The highest BCUT2D eigenvalue weighted by Gasteiger charge is 2.12. The standard InChI is InChI=1S/C23H21ClN6O.C15H10ClN3O2.C8H13N3/c1-13-5-22(25)30-14(2)20(13)11-29-23(31)15-3-4-26-18(7-15)9-19-8-16-6-17(24)10-28-21(16)12-27-19;16-11-3-10-5-13(18-8-14(10)19-7-11)6-12-4-9(15(20)21)1-2-17-12;1-5-3-8(10)11-6(2)7(5)4-9/h3-8,10,12H,9,11H2,1-2H3,(H2,25,30)(H,29,31);1-5,7-8H,6H2,(H,20,21);3H,4,9H2,1-2H3,(H2,10,11). The van der Waals surface area contributed by atoms with Crippen LogP contribution in [0.4, 0.5) is 11.6 Å². The molecule has 320 valence electrons. The van der Waals surface area contributed by atoms with Crippen LogP contribution in [0.5, 0.6) is 0 Å². The average molecular weight is 884 g/mol. The van der Waals surface area contributed by atoms with Crippen molar-refractivity contribution >= 4 is 68.5 Å². The Kier molecular flexibility index (Phi) is 14.8. The molecule has 0 bridgehead atoms. The Bertz CT molecular complexity index is 2920. The number of carboxylic acids is 1. The molecule has 8 rings (SSSR count). The van der Waals surface area contributed by atoms with Crippen LogP contribution in [0.3, 0.4) is 0 Å². The Balaban J connectivity index is 0.000000177. The minimum atomic E-state index is -0.971. The van der Waals surface area contributed by atoms with E-state index >= 15 is 0 Å². The monoisotopic (exact) mass is 882 g/mol. The number of carbonyl (C=O) groups excluding carboxylic acids is 1. The van der Waals surface area contributed by atoms with Gasteiger partial charge in [-0.25, -0.2) is 14.8 Å². The number of nitrogens with zero attached hydrogens (tertiary/aromatic N) is 8. The van der Waals surface area contributed by atoms with Gasteiger partial charge in [-0.1, -0.05) is 23.2 Å². The molecule has 0 aliphatic carbocycles. The number of pyridine rings is 8. The molecular weight excluding hydrogens is 839 g/mol. The second-order valence-corrected chi connectivity index (χ2v) is 15.4. The average Bonchev–Trinajstić information content (AvgIpc) is 3.23. The van der Waals surface area contributed by atoms with Crippen LogP contribution in [0.25, 0.3) is 21.8 Å². The molecule has 8 N–H and O–H groups in total. The number of hydrogen-bond acceptors (Lipinski definition) is 13. The van der Waals surface area contributed by atoms with Crippen LogP contribution in [0.1, 0.15) is 77.1 Å². The lowest BCUT2D eigenvalue weighted by Gasteiger charge is -2.12. The third-order valence-electron chi connectivity index (χ3n) is 9.83. The number of carboxylic acid groups (broad SMARTS) is 1. The third kappa shape index (κ3) is 12.2. The number of nitrogens with one attached hydrogen (secondary N) is 1. The molecule has 0 aliphatic heterocycles. The fraction of sp³-hybridized carbons (Fsp3) is 0.174. The number of amides is 1. The van der Waals surface area contributed by atoms with Gasteiger partial charge in [0.2, 0.25) is 0 Å². The number of rotatable bonds is 9. The van der Waals surface area contributed by atoms with Crippen molar-refractivity contribution in [3.63, 3.8) is 0 Å². The number of nitrogens with two attached hydrogens (primary N) is 3. The van der Waals surface area contributed by atoms with E-state index in [1.54, 1.807) is 55.2 Å². The number of aromatic carboxylic acids is 1. The molecular formula is C46H44Cl2N12O3. The Hall–Kier alpha value is -7.20. The zero-order valence-electron chi connectivity index (χ0n) is 34.9. The van der Waals surface area contributed by atoms with Crippen molar-refractivity contribution in [2.24, 2.45) is 5.73 Å². The molecule has 0 radical (unpaired) electrons. The highest BCUT2D eigenvalue weighted by atomic mass is 35.5. The largest absolute Gasteiger partial charge is 0.478 e. The van der Waals surface area contributed by atoms with E-state index in [-0.39, 0.29) is 11.5 Å². The molecule has 0 aromatic carbocycles. The minimum Gasteiger partial charge on any atom is -0.478 e. The first-order valence-electron chi connectivity index (χ1n) is 19.5. The quantitative estimate of drug-likeness (QED) is 0.0942. The summed E-state index contributed by atoms with van der Waals surface area (Å²) >= 11 is 12.0. The molecule has 63 heavy (non-hydrogen) atoms. The fourth-order valence-electron chi connectivity index (χ4n) is 6.71. The van der Waals surface area contributed by atoms with Crippen LogP contribution in [-0.2, 0) is 25.9 Å². The van der Waals surface area contributed by atoms with Crippen LogP contribution in [0, 0.1) is 27.7 Å². The Morgan fingerprint density at radius 1 is 0.603 bits per heavy atom. The van der Waals surface area contributed by atoms with Gasteiger partial charge < -0.3 is 27.6 Å². The summed E-state index contributed by atoms with van der Waals surface area (Å²) in [6, 6.07) is 17.6. The van der Waals surface area contributed by atoms with Crippen LogP contribution in [0.2, 0.25) is 10.0 Å². The zero-order valence-corrected chi connectivity index (χ0v) is 36.4. The van der Waals surface area contributed by atoms with Crippen LogP contribution < -0.4 is 22.5 Å². The minimum absolute atomic E-state index is 0.179. The van der Waals surface area contributed by atoms with Crippen molar-refractivity contribution < 1.29 is 14.7 Å². The molecule has 0 aliphatic rings. The smallest absolute Gasteiger partial charge is 0.335 e. The summed E-state index contributed by atoms with van der Waals surface area (Å²) in [4.78, 5) is 57.8. The maximum Gasteiger partial charge on any atom is 0.335 e. The molecule has 0 unspecified atom stereocenters. The van der Waals surface area contributed by atoms with Crippen molar-refractivity contribution in [3.05, 3.63) is 175 Å². The first kappa shape index (κ1) is 45.3. The van der Waals surface area contributed by atoms with E-state index in [1.807, 2.05) is 58.0 Å². The molecule has 0 saturated heterocycles. The highest BCUT2D eigenvalue weighted by molar-refractivity contribution is 6.31. The molecule has 1 amide bonds. The zero-order chi connectivity index (χ0) is 45.2. The molecule has 0 atom stereocenters. The molecule has 8 aromatic heterocycles. The first-order chi connectivity index (χ1) is 30.1. The lowest BCUT2D eigenvalue weighted by atomic mass is 10.1. The molecule has 0 fully saturated rings. The fourth-order valence-corrected chi connectivity index (χ4v) is 7.04. The number of aromatic nitrogens is 8. The molecule has 8 aromatic rings. The summed E-state index contributed by atoms with van der Waals surface area (Å²) < 4.78 is 0. The van der Waals surface area contributed by atoms with E-state index in [2.05, 4.69) is 45.2 Å². The summed E-state index contributed by atoms with van der Waals surface area (Å²) in [6.07, 6.45) is 10.6. The molecule has 15 nitrogen and oxygen atoms in total. The van der Waals surface area contributed by atoms with E-state index in [0.29, 0.717) is 58.9 Å². The number of halogens is 2. The third-order valence-corrected chi connectivity index (χ3v) is 10.2. The summed E-state index contributed by atoms with van der Waals surface area (Å²) in [5, 5.41) is 14.9. The lowest BCUT2D eigenvalue weighted by molar-refractivity contribution is 0.0696.